The number of methoxy groups -OCH3 is 1. The lowest BCUT2D eigenvalue weighted by Gasteiger charge is -2.35. The van der Waals surface area contributed by atoms with Crippen molar-refractivity contribution >= 4 is 34.0 Å². The fourth-order valence-electron chi connectivity index (χ4n) is 4.59. The molecule has 1 fully saturated rings. The summed E-state index contributed by atoms with van der Waals surface area (Å²) < 4.78 is 11.5. The predicted molar refractivity (Wildman–Crippen MR) is 144 cm³/mol. The molecule has 182 valence electrons. The van der Waals surface area contributed by atoms with Gasteiger partial charge in [0.05, 0.1) is 18.3 Å². The number of aromatic nitrogens is 1. The molecular formula is C29H27ClN4O2. The summed E-state index contributed by atoms with van der Waals surface area (Å²) in [5.74, 6) is 2.25. The van der Waals surface area contributed by atoms with Crippen LogP contribution in [0.15, 0.2) is 72.8 Å². The number of para-hydroxylation sites is 1. The van der Waals surface area contributed by atoms with Crippen LogP contribution in [0.25, 0.3) is 10.9 Å². The van der Waals surface area contributed by atoms with Gasteiger partial charge in [-0.25, -0.2) is 4.98 Å². The molecule has 0 bridgehead atoms. The Bertz CT molecular complexity index is 1380. The molecule has 1 aromatic heterocycles. The molecule has 36 heavy (non-hydrogen) atoms. The molecule has 2 heterocycles. The third-order valence-electron chi connectivity index (χ3n) is 6.47. The molecule has 0 atom stereocenters. The third-order valence-corrected chi connectivity index (χ3v) is 6.72. The van der Waals surface area contributed by atoms with Crippen molar-refractivity contribution in [3.05, 3.63) is 88.9 Å². The maximum atomic E-state index is 10.2. The number of benzene rings is 3. The molecule has 0 radical (unpaired) electrons. The number of piperidine rings is 1. The van der Waals surface area contributed by atoms with Crippen molar-refractivity contribution in [2.75, 3.05) is 30.4 Å². The number of hydrogen-bond donors (Lipinski definition) is 1. The number of nitriles is 1. The minimum atomic E-state index is 0.121. The van der Waals surface area contributed by atoms with Crippen LogP contribution in [0.2, 0.25) is 5.02 Å². The van der Waals surface area contributed by atoms with E-state index in [0.29, 0.717) is 22.9 Å². The monoisotopic (exact) mass is 498 g/mol. The lowest BCUT2D eigenvalue weighted by Crippen LogP contribution is -2.38. The summed E-state index contributed by atoms with van der Waals surface area (Å²) in [5, 5.41) is 15.3. The van der Waals surface area contributed by atoms with Crippen LogP contribution in [0.1, 0.15) is 24.0 Å². The van der Waals surface area contributed by atoms with Gasteiger partial charge in [0.2, 0.25) is 0 Å². The number of pyridine rings is 1. The summed E-state index contributed by atoms with van der Waals surface area (Å²) in [6.45, 7) is 2.13. The zero-order valence-corrected chi connectivity index (χ0v) is 20.8. The highest BCUT2D eigenvalue weighted by molar-refractivity contribution is 6.30. The van der Waals surface area contributed by atoms with E-state index in [2.05, 4.69) is 16.3 Å². The maximum Gasteiger partial charge on any atom is 0.147 e. The van der Waals surface area contributed by atoms with E-state index in [-0.39, 0.29) is 6.10 Å². The Morgan fingerprint density at radius 1 is 1.00 bits per heavy atom. The van der Waals surface area contributed by atoms with Crippen LogP contribution in [0.4, 0.5) is 11.5 Å². The quantitative estimate of drug-likeness (QED) is 0.316. The van der Waals surface area contributed by atoms with Crippen LogP contribution in [0.5, 0.6) is 11.5 Å². The number of hydrogen-bond acceptors (Lipinski definition) is 6. The molecule has 3 aromatic carbocycles. The maximum absolute atomic E-state index is 10.2. The third kappa shape index (κ3) is 5.17. The van der Waals surface area contributed by atoms with Gasteiger partial charge in [-0.1, -0.05) is 41.9 Å². The van der Waals surface area contributed by atoms with Crippen molar-refractivity contribution in [2.45, 2.75) is 25.5 Å². The van der Waals surface area contributed by atoms with E-state index in [1.54, 1.807) is 7.11 Å². The van der Waals surface area contributed by atoms with Gasteiger partial charge in [-0.2, -0.15) is 5.26 Å². The highest BCUT2D eigenvalue weighted by atomic mass is 35.5. The number of halogens is 1. The van der Waals surface area contributed by atoms with Gasteiger partial charge in [-0.15, -0.1) is 0 Å². The average Bonchev–Trinajstić information content (AvgIpc) is 2.93. The van der Waals surface area contributed by atoms with Gasteiger partial charge in [-0.3, -0.25) is 0 Å². The van der Waals surface area contributed by atoms with E-state index in [0.717, 1.165) is 59.6 Å². The van der Waals surface area contributed by atoms with Crippen LogP contribution in [-0.2, 0) is 6.54 Å². The number of anilines is 2. The van der Waals surface area contributed by atoms with Gasteiger partial charge in [0.25, 0.3) is 0 Å². The second kappa shape index (κ2) is 10.8. The van der Waals surface area contributed by atoms with Crippen molar-refractivity contribution in [1.82, 2.24) is 4.98 Å². The fraction of sp³-hybridized carbons (Fsp3) is 0.241. The first-order chi connectivity index (χ1) is 17.6. The van der Waals surface area contributed by atoms with Crippen molar-refractivity contribution in [2.24, 2.45) is 0 Å². The van der Waals surface area contributed by atoms with Gasteiger partial charge in [0.1, 0.15) is 35.1 Å². The van der Waals surface area contributed by atoms with Gasteiger partial charge < -0.3 is 19.7 Å². The zero-order valence-electron chi connectivity index (χ0n) is 20.1. The SMILES string of the molecule is COc1ccc(OC2CCN(c3c(C#N)c(NCc4ccc(Cl)cc4)nc4ccccc34)CC2)cc1. The molecule has 0 unspecified atom stereocenters. The van der Waals surface area contributed by atoms with E-state index in [9.17, 15) is 5.26 Å². The normalized spacial score (nSPS) is 13.9. The molecule has 0 aliphatic carbocycles. The number of fused-ring (bicyclic) bond motifs is 1. The van der Waals surface area contributed by atoms with E-state index in [4.69, 9.17) is 26.1 Å². The number of ether oxygens (including phenoxy) is 2. The topological polar surface area (TPSA) is 70.4 Å². The molecule has 7 heteroatoms. The highest BCUT2D eigenvalue weighted by Gasteiger charge is 2.26. The molecule has 5 rings (SSSR count). The van der Waals surface area contributed by atoms with Gasteiger partial charge >= 0.3 is 0 Å². The Labute approximate surface area is 216 Å². The van der Waals surface area contributed by atoms with Gasteiger partial charge in [-0.05, 0) is 48.0 Å². The minimum absolute atomic E-state index is 0.121. The van der Waals surface area contributed by atoms with Crippen LogP contribution < -0.4 is 19.7 Å². The van der Waals surface area contributed by atoms with Crippen molar-refractivity contribution in [3.8, 4) is 17.6 Å². The number of nitrogens with zero attached hydrogens (tertiary/aromatic N) is 3. The lowest BCUT2D eigenvalue weighted by molar-refractivity contribution is 0.171. The van der Waals surface area contributed by atoms with Crippen LogP contribution >= 0.6 is 11.6 Å². The second-order valence-corrected chi connectivity index (χ2v) is 9.21. The molecule has 1 N–H and O–H groups in total. The van der Waals surface area contributed by atoms with Crippen molar-refractivity contribution in [1.29, 1.82) is 5.26 Å². The van der Waals surface area contributed by atoms with Crippen molar-refractivity contribution in [3.63, 3.8) is 0 Å². The van der Waals surface area contributed by atoms with Gasteiger partial charge in [0.15, 0.2) is 0 Å². The first-order valence-electron chi connectivity index (χ1n) is 12.0. The van der Waals surface area contributed by atoms with Crippen molar-refractivity contribution < 1.29 is 9.47 Å². The van der Waals surface area contributed by atoms with E-state index >= 15 is 0 Å². The largest absolute Gasteiger partial charge is 0.497 e. The minimum Gasteiger partial charge on any atom is -0.497 e. The number of nitrogens with one attached hydrogen (secondary N) is 1. The first kappa shape index (κ1) is 23.8. The Morgan fingerprint density at radius 3 is 2.39 bits per heavy atom. The van der Waals surface area contributed by atoms with E-state index in [1.165, 1.54) is 0 Å². The lowest BCUT2D eigenvalue weighted by atomic mass is 10.0. The van der Waals surface area contributed by atoms with Crippen LogP contribution in [-0.4, -0.2) is 31.3 Å². The molecule has 1 saturated heterocycles. The predicted octanol–water partition coefficient (Wildman–Crippen LogP) is 6.43. The number of rotatable bonds is 7. The highest BCUT2D eigenvalue weighted by Crippen LogP contribution is 2.36. The molecule has 0 spiro atoms. The first-order valence-corrected chi connectivity index (χ1v) is 12.4. The summed E-state index contributed by atoms with van der Waals surface area (Å²) in [6.07, 6.45) is 1.85. The Morgan fingerprint density at radius 2 is 1.69 bits per heavy atom. The van der Waals surface area contributed by atoms with E-state index < -0.39 is 0 Å². The van der Waals surface area contributed by atoms with Gasteiger partial charge in [0, 0.05) is 42.9 Å². The fourth-order valence-corrected chi connectivity index (χ4v) is 4.71. The van der Waals surface area contributed by atoms with E-state index in [1.807, 2.05) is 72.8 Å². The zero-order chi connectivity index (χ0) is 24.9. The second-order valence-electron chi connectivity index (χ2n) is 8.77. The smallest absolute Gasteiger partial charge is 0.147 e. The molecule has 0 saturated carbocycles. The van der Waals surface area contributed by atoms with Crippen LogP contribution in [0.3, 0.4) is 0 Å². The van der Waals surface area contributed by atoms with Crippen LogP contribution in [0, 0.1) is 11.3 Å². The summed E-state index contributed by atoms with van der Waals surface area (Å²) >= 11 is 6.02. The summed E-state index contributed by atoms with van der Waals surface area (Å²) in [5.41, 5.74) is 3.43. The molecule has 1 aliphatic rings. The average molecular weight is 499 g/mol. The molecule has 6 nitrogen and oxygen atoms in total. The standard InChI is InChI=1S/C29H27ClN4O2/c1-35-22-10-12-23(13-11-22)36-24-14-16-34(17-15-24)28-25-4-2-3-5-27(25)33-29(26(28)18-31)32-19-20-6-8-21(30)9-7-20/h2-13,24H,14-17,19H2,1H3,(H,32,33). The summed E-state index contributed by atoms with van der Waals surface area (Å²) in [4.78, 5) is 7.09. The molecule has 0 amide bonds. The summed E-state index contributed by atoms with van der Waals surface area (Å²) in [6, 6.07) is 25.8. The molecule has 1 aliphatic heterocycles. The Hall–Kier alpha value is -3.95. The molecule has 4 aromatic rings. The molecular weight excluding hydrogens is 472 g/mol. The summed E-state index contributed by atoms with van der Waals surface area (Å²) in [7, 11) is 1.66. The Balaban J connectivity index is 1.37. The Kier molecular flexibility index (Phi) is 7.11.